The maximum Gasteiger partial charge on any atom is 0.270 e. The minimum atomic E-state index is -0.499. The van der Waals surface area contributed by atoms with Crippen LogP contribution in [0.5, 0.6) is 0 Å². The maximum atomic E-state index is 12.4. The number of hydrogen-bond acceptors (Lipinski definition) is 3. The number of nitro groups is 1. The molecule has 0 spiro atoms. The SMILES string of the molecule is Cc1[nH]c2ccccc2[n+]1CC(=O)c1cccc([N+](=O)[O-])c1. The number of nitro benzene ring substituents is 1. The van der Waals surface area contributed by atoms with Crippen LogP contribution in [0.3, 0.4) is 0 Å². The molecule has 0 amide bonds. The predicted molar refractivity (Wildman–Crippen MR) is 80.7 cm³/mol. The number of nitrogens with zero attached hydrogens (tertiary/aromatic N) is 2. The molecule has 110 valence electrons. The monoisotopic (exact) mass is 296 g/mol. The summed E-state index contributed by atoms with van der Waals surface area (Å²) in [5.41, 5.74) is 2.14. The van der Waals surface area contributed by atoms with Gasteiger partial charge in [0.15, 0.2) is 17.6 Å². The maximum absolute atomic E-state index is 12.4. The number of non-ortho nitro benzene ring substituents is 1. The van der Waals surface area contributed by atoms with Gasteiger partial charge in [0, 0.05) is 24.6 Å². The highest BCUT2D eigenvalue weighted by Crippen LogP contribution is 2.14. The van der Waals surface area contributed by atoms with Gasteiger partial charge in [-0.05, 0) is 12.1 Å². The summed E-state index contributed by atoms with van der Waals surface area (Å²) in [6.07, 6.45) is 0. The fourth-order valence-electron chi connectivity index (χ4n) is 2.49. The van der Waals surface area contributed by atoms with Gasteiger partial charge in [-0.15, -0.1) is 0 Å². The molecule has 0 aliphatic carbocycles. The van der Waals surface area contributed by atoms with Crippen LogP contribution < -0.4 is 4.57 Å². The van der Waals surface area contributed by atoms with E-state index in [2.05, 4.69) is 4.98 Å². The van der Waals surface area contributed by atoms with E-state index in [0.29, 0.717) is 5.56 Å². The van der Waals surface area contributed by atoms with E-state index >= 15 is 0 Å². The zero-order valence-electron chi connectivity index (χ0n) is 11.9. The number of imidazole rings is 1. The zero-order valence-corrected chi connectivity index (χ0v) is 11.9. The number of carbonyl (C=O) groups excluding carboxylic acids is 1. The molecule has 0 bridgehead atoms. The van der Waals surface area contributed by atoms with Crippen LogP contribution in [0, 0.1) is 17.0 Å². The minimum Gasteiger partial charge on any atom is -0.290 e. The second kappa shape index (κ2) is 5.40. The second-order valence-corrected chi connectivity index (χ2v) is 5.04. The van der Waals surface area contributed by atoms with E-state index in [-0.39, 0.29) is 18.0 Å². The number of nitrogens with one attached hydrogen (secondary N) is 1. The van der Waals surface area contributed by atoms with Crippen molar-refractivity contribution in [3.8, 4) is 0 Å². The van der Waals surface area contributed by atoms with Crippen molar-refractivity contribution < 1.29 is 14.3 Å². The summed E-state index contributed by atoms with van der Waals surface area (Å²) >= 11 is 0. The van der Waals surface area contributed by atoms with E-state index in [1.165, 1.54) is 18.2 Å². The van der Waals surface area contributed by atoms with E-state index in [1.54, 1.807) is 6.07 Å². The fourth-order valence-corrected chi connectivity index (χ4v) is 2.49. The largest absolute Gasteiger partial charge is 0.290 e. The summed E-state index contributed by atoms with van der Waals surface area (Å²) in [6, 6.07) is 13.5. The Morgan fingerprint density at radius 2 is 2.00 bits per heavy atom. The Morgan fingerprint density at radius 1 is 1.23 bits per heavy atom. The Morgan fingerprint density at radius 3 is 2.77 bits per heavy atom. The van der Waals surface area contributed by atoms with Crippen molar-refractivity contribution in [3.63, 3.8) is 0 Å². The third-order valence-electron chi connectivity index (χ3n) is 3.60. The Hall–Kier alpha value is -3.02. The molecule has 0 aliphatic rings. The van der Waals surface area contributed by atoms with E-state index in [0.717, 1.165) is 16.9 Å². The lowest BCUT2D eigenvalue weighted by Crippen LogP contribution is -2.39. The van der Waals surface area contributed by atoms with Crippen molar-refractivity contribution >= 4 is 22.5 Å². The first-order valence-corrected chi connectivity index (χ1v) is 6.81. The summed E-state index contributed by atoms with van der Waals surface area (Å²) in [5.74, 6) is 0.696. The van der Waals surface area contributed by atoms with Gasteiger partial charge in [-0.1, -0.05) is 24.3 Å². The molecule has 1 aromatic heterocycles. The lowest BCUT2D eigenvalue weighted by Gasteiger charge is -2.01. The number of hydrogen-bond donors (Lipinski definition) is 1. The van der Waals surface area contributed by atoms with Gasteiger partial charge in [-0.3, -0.25) is 14.9 Å². The van der Waals surface area contributed by atoms with Crippen LogP contribution in [0.15, 0.2) is 48.5 Å². The fraction of sp³-hybridized carbons (Fsp3) is 0.125. The van der Waals surface area contributed by atoms with Crippen LogP contribution in [0.25, 0.3) is 11.0 Å². The molecule has 6 nitrogen and oxygen atoms in total. The second-order valence-electron chi connectivity index (χ2n) is 5.04. The molecule has 6 heteroatoms. The lowest BCUT2D eigenvalue weighted by atomic mass is 10.1. The first-order valence-electron chi connectivity index (χ1n) is 6.81. The van der Waals surface area contributed by atoms with Gasteiger partial charge in [0.1, 0.15) is 0 Å². The number of benzene rings is 2. The lowest BCUT2D eigenvalue weighted by molar-refractivity contribution is -0.663. The van der Waals surface area contributed by atoms with Gasteiger partial charge >= 0.3 is 0 Å². The number of aromatic amines is 1. The van der Waals surface area contributed by atoms with Crippen molar-refractivity contribution in [1.29, 1.82) is 0 Å². The number of fused-ring (bicyclic) bond motifs is 1. The molecule has 2 aromatic carbocycles. The van der Waals surface area contributed by atoms with Crippen molar-refractivity contribution in [2.75, 3.05) is 0 Å². The molecule has 1 N–H and O–H groups in total. The normalized spacial score (nSPS) is 10.8. The van der Waals surface area contributed by atoms with Crippen LogP contribution in [-0.2, 0) is 6.54 Å². The molecule has 0 aliphatic heterocycles. The molecule has 1 heterocycles. The van der Waals surface area contributed by atoms with Crippen LogP contribution in [-0.4, -0.2) is 15.7 Å². The van der Waals surface area contributed by atoms with Crippen molar-refractivity contribution in [1.82, 2.24) is 4.98 Å². The third kappa shape index (κ3) is 2.46. The molecule has 0 saturated carbocycles. The quantitative estimate of drug-likeness (QED) is 0.348. The van der Waals surface area contributed by atoms with Crippen LogP contribution in [0.1, 0.15) is 16.2 Å². The van der Waals surface area contributed by atoms with Crippen LogP contribution in [0.2, 0.25) is 0 Å². The number of para-hydroxylation sites is 2. The standard InChI is InChI=1S/C16H13N3O3/c1-11-17-14-7-2-3-8-15(14)18(11)10-16(20)12-5-4-6-13(9-12)19(21)22/h2-9H,10H2,1H3/p+1. The Kier molecular flexibility index (Phi) is 3.42. The molecule has 0 fully saturated rings. The number of ketones is 1. The third-order valence-corrected chi connectivity index (χ3v) is 3.60. The van der Waals surface area contributed by atoms with E-state index in [9.17, 15) is 14.9 Å². The van der Waals surface area contributed by atoms with Crippen LogP contribution >= 0.6 is 0 Å². The Labute approximate surface area is 126 Å². The molecular weight excluding hydrogens is 282 g/mol. The summed E-state index contributed by atoms with van der Waals surface area (Å²) < 4.78 is 1.87. The van der Waals surface area contributed by atoms with Crippen molar-refractivity contribution in [2.24, 2.45) is 0 Å². The molecule has 0 saturated heterocycles. The van der Waals surface area contributed by atoms with Crippen LogP contribution in [0.4, 0.5) is 5.69 Å². The molecule has 0 radical (unpaired) electrons. The smallest absolute Gasteiger partial charge is 0.270 e. The number of rotatable bonds is 4. The Bertz CT molecular complexity index is 883. The summed E-state index contributed by atoms with van der Waals surface area (Å²) in [5, 5.41) is 10.8. The Balaban J connectivity index is 1.95. The van der Waals surface area contributed by atoms with E-state index in [1.807, 2.05) is 35.8 Å². The molecule has 3 rings (SSSR count). The minimum absolute atomic E-state index is 0.0773. The first-order chi connectivity index (χ1) is 10.6. The highest BCUT2D eigenvalue weighted by molar-refractivity contribution is 5.95. The number of aryl methyl sites for hydroxylation is 1. The average molecular weight is 296 g/mol. The molecule has 0 atom stereocenters. The molecule has 3 aromatic rings. The summed E-state index contributed by atoms with van der Waals surface area (Å²) in [6.45, 7) is 2.03. The number of Topliss-reactive ketones (excluding diaryl/α,β-unsaturated/α-hetero) is 1. The van der Waals surface area contributed by atoms with Gasteiger partial charge in [0.2, 0.25) is 5.78 Å². The first kappa shape index (κ1) is 13.9. The highest BCUT2D eigenvalue weighted by atomic mass is 16.6. The number of aromatic nitrogens is 2. The topological polar surface area (TPSA) is 79.9 Å². The number of carbonyl (C=O) groups is 1. The molecule has 0 unspecified atom stereocenters. The van der Waals surface area contributed by atoms with Gasteiger partial charge in [0.25, 0.3) is 11.5 Å². The summed E-state index contributed by atoms with van der Waals surface area (Å²) in [4.78, 5) is 25.9. The predicted octanol–water partition coefficient (Wildman–Crippen LogP) is 2.55. The zero-order chi connectivity index (χ0) is 15.7. The van der Waals surface area contributed by atoms with Gasteiger partial charge in [-0.25, -0.2) is 9.55 Å². The van der Waals surface area contributed by atoms with Gasteiger partial charge < -0.3 is 0 Å². The summed E-state index contributed by atoms with van der Waals surface area (Å²) in [7, 11) is 0. The molecular formula is C16H14N3O3+. The highest BCUT2D eigenvalue weighted by Gasteiger charge is 2.19. The van der Waals surface area contributed by atoms with E-state index in [4.69, 9.17) is 0 Å². The van der Waals surface area contributed by atoms with Crippen molar-refractivity contribution in [2.45, 2.75) is 13.5 Å². The van der Waals surface area contributed by atoms with Crippen molar-refractivity contribution in [3.05, 3.63) is 70.0 Å². The van der Waals surface area contributed by atoms with E-state index < -0.39 is 4.92 Å². The average Bonchev–Trinajstić information content (AvgIpc) is 2.83. The van der Waals surface area contributed by atoms with Gasteiger partial charge in [0.05, 0.1) is 4.92 Å². The number of H-pyrrole nitrogens is 1. The molecule has 22 heavy (non-hydrogen) atoms. The van der Waals surface area contributed by atoms with Gasteiger partial charge in [-0.2, -0.15) is 0 Å².